The van der Waals surface area contributed by atoms with Gasteiger partial charge in [-0.25, -0.2) is 9.97 Å². The molecular formula is C12H19N3O. The summed E-state index contributed by atoms with van der Waals surface area (Å²) in [5.41, 5.74) is 1.27. The molecule has 4 nitrogen and oxygen atoms in total. The Labute approximate surface area is 96.3 Å². The van der Waals surface area contributed by atoms with Gasteiger partial charge >= 0.3 is 0 Å². The predicted octanol–water partition coefficient (Wildman–Crippen LogP) is 1.56. The van der Waals surface area contributed by atoms with E-state index >= 15 is 0 Å². The molecule has 0 radical (unpaired) electrons. The number of aliphatic hydroxyl groups is 1. The Morgan fingerprint density at radius 2 is 2.06 bits per heavy atom. The summed E-state index contributed by atoms with van der Waals surface area (Å²) in [4.78, 5) is 10.7. The number of aliphatic hydroxyl groups excluding tert-OH is 1. The highest BCUT2D eigenvalue weighted by Gasteiger charge is 2.20. The minimum Gasteiger partial charge on any atom is -0.396 e. The first kappa shape index (κ1) is 11.3. The standard InChI is InChI=1S/C12H19N3O/c1-15(6-3-7-16)12-13-8-11(9-14-12)10-4-2-5-10/h8-10,16H,2-7H2,1H3. The molecule has 0 spiro atoms. The van der Waals surface area contributed by atoms with Crippen LogP contribution in [0, 0.1) is 0 Å². The van der Waals surface area contributed by atoms with Crippen LogP contribution in [0.25, 0.3) is 0 Å². The third-order valence-electron chi connectivity index (χ3n) is 3.23. The van der Waals surface area contributed by atoms with Crippen LogP contribution in [0.3, 0.4) is 0 Å². The molecule has 2 rings (SSSR count). The fourth-order valence-corrected chi connectivity index (χ4v) is 1.89. The van der Waals surface area contributed by atoms with Crippen LogP contribution in [-0.2, 0) is 0 Å². The maximum Gasteiger partial charge on any atom is 0.224 e. The number of hydrogen-bond donors (Lipinski definition) is 1. The molecule has 1 aromatic rings. The summed E-state index contributed by atoms with van der Waals surface area (Å²) in [6, 6.07) is 0. The average molecular weight is 221 g/mol. The molecular weight excluding hydrogens is 202 g/mol. The minimum atomic E-state index is 0.213. The fraction of sp³-hybridized carbons (Fsp3) is 0.667. The highest BCUT2D eigenvalue weighted by atomic mass is 16.3. The molecule has 1 aliphatic carbocycles. The Hall–Kier alpha value is -1.16. The van der Waals surface area contributed by atoms with E-state index < -0.39 is 0 Å². The zero-order valence-electron chi connectivity index (χ0n) is 9.76. The van der Waals surface area contributed by atoms with Crippen molar-refractivity contribution in [3.63, 3.8) is 0 Å². The molecule has 1 aliphatic rings. The van der Waals surface area contributed by atoms with Gasteiger partial charge in [0.05, 0.1) is 0 Å². The summed E-state index contributed by atoms with van der Waals surface area (Å²) in [6.07, 6.45) is 8.54. The summed E-state index contributed by atoms with van der Waals surface area (Å²) < 4.78 is 0. The lowest BCUT2D eigenvalue weighted by molar-refractivity contribution is 0.290. The van der Waals surface area contributed by atoms with Gasteiger partial charge in [0.2, 0.25) is 5.95 Å². The van der Waals surface area contributed by atoms with E-state index in [9.17, 15) is 0 Å². The maximum atomic E-state index is 8.75. The molecule has 0 aromatic carbocycles. The van der Waals surface area contributed by atoms with E-state index in [1.54, 1.807) is 0 Å². The molecule has 88 valence electrons. The second-order valence-electron chi connectivity index (χ2n) is 4.44. The third kappa shape index (κ3) is 2.50. The number of nitrogens with zero attached hydrogens (tertiary/aromatic N) is 3. The Morgan fingerprint density at radius 1 is 1.38 bits per heavy atom. The van der Waals surface area contributed by atoms with E-state index in [1.165, 1.54) is 24.8 Å². The van der Waals surface area contributed by atoms with Crippen molar-refractivity contribution in [2.75, 3.05) is 25.1 Å². The largest absolute Gasteiger partial charge is 0.396 e. The second-order valence-corrected chi connectivity index (χ2v) is 4.44. The Morgan fingerprint density at radius 3 is 2.56 bits per heavy atom. The van der Waals surface area contributed by atoms with Crippen LogP contribution >= 0.6 is 0 Å². The summed E-state index contributed by atoms with van der Waals surface area (Å²) >= 11 is 0. The monoisotopic (exact) mass is 221 g/mol. The summed E-state index contributed by atoms with van der Waals surface area (Å²) in [5.74, 6) is 1.44. The van der Waals surface area contributed by atoms with Crippen molar-refractivity contribution in [3.05, 3.63) is 18.0 Å². The SMILES string of the molecule is CN(CCCO)c1ncc(C2CCC2)cn1. The molecule has 0 aliphatic heterocycles. The molecule has 1 fully saturated rings. The van der Waals surface area contributed by atoms with E-state index in [0.717, 1.165) is 18.9 Å². The molecule has 0 unspecified atom stereocenters. The van der Waals surface area contributed by atoms with Gasteiger partial charge in [0.1, 0.15) is 0 Å². The van der Waals surface area contributed by atoms with Crippen LogP contribution in [0.2, 0.25) is 0 Å². The lowest BCUT2D eigenvalue weighted by atomic mass is 9.81. The average Bonchev–Trinajstić information content (AvgIpc) is 2.24. The third-order valence-corrected chi connectivity index (χ3v) is 3.23. The zero-order valence-corrected chi connectivity index (χ0v) is 9.76. The van der Waals surface area contributed by atoms with Gasteiger partial charge in [0.15, 0.2) is 0 Å². The quantitative estimate of drug-likeness (QED) is 0.819. The van der Waals surface area contributed by atoms with E-state index in [0.29, 0.717) is 5.92 Å². The molecule has 0 bridgehead atoms. The van der Waals surface area contributed by atoms with Crippen molar-refractivity contribution in [2.24, 2.45) is 0 Å². The first-order valence-electron chi connectivity index (χ1n) is 5.95. The van der Waals surface area contributed by atoms with Crippen LogP contribution in [0.15, 0.2) is 12.4 Å². The predicted molar refractivity (Wildman–Crippen MR) is 63.6 cm³/mol. The van der Waals surface area contributed by atoms with Crippen LogP contribution in [0.4, 0.5) is 5.95 Å². The van der Waals surface area contributed by atoms with Crippen molar-refractivity contribution >= 4 is 5.95 Å². The van der Waals surface area contributed by atoms with Gasteiger partial charge in [-0.3, -0.25) is 0 Å². The number of anilines is 1. The van der Waals surface area contributed by atoms with Gasteiger partial charge in [0, 0.05) is 32.6 Å². The maximum absolute atomic E-state index is 8.75. The van der Waals surface area contributed by atoms with Crippen molar-refractivity contribution < 1.29 is 5.11 Å². The zero-order chi connectivity index (χ0) is 11.4. The molecule has 0 saturated heterocycles. The molecule has 1 saturated carbocycles. The minimum absolute atomic E-state index is 0.213. The molecule has 1 aromatic heterocycles. The molecule has 0 amide bonds. The van der Waals surface area contributed by atoms with E-state index in [1.807, 2.05) is 24.3 Å². The van der Waals surface area contributed by atoms with E-state index in [4.69, 9.17) is 5.11 Å². The Kier molecular flexibility index (Phi) is 3.72. The molecule has 1 heterocycles. The second kappa shape index (κ2) is 5.25. The normalized spacial score (nSPS) is 15.9. The topological polar surface area (TPSA) is 49.2 Å². The molecule has 4 heteroatoms. The highest BCUT2D eigenvalue weighted by molar-refractivity contribution is 5.29. The summed E-state index contributed by atoms with van der Waals surface area (Å²) in [7, 11) is 1.95. The van der Waals surface area contributed by atoms with Crippen LogP contribution in [-0.4, -0.2) is 35.3 Å². The smallest absolute Gasteiger partial charge is 0.224 e. The van der Waals surface area contributed by atoms with Gasteiger partial charge in [-0.1, -0.05) is 6.42 Å². The Bertz CT molecular complexity index is 322. The number of aromatic nitrogens is 2. The first-order valence-corrected chi connectivity index (χ1v) is 5.95. The van der Waals surface area contributed by atoms with Crippen LogP contribution < -0.4 is 4.90 Å². The van der Waals surface area contributed by atoms with Crippen molar-refractivity contribution in [1.82, 2.24) is 9.97 Å². The van der Waals surface area contributed by atoms with E-state index in [-0.39, 0.29) is 6.61 Å². The summed E-state index contributed by atoms with van der Waals surface area (Å²) in [5, 5.41) is 8.75. The lowest BCUT2D eigenvalue weighted by Gasteiger charge is -2.25. The molecule has 0 atom stereocenters. The van der Waals surface area contributed by atoms with Crippen molar-refractivity contribution in [1.29, 1.82) is 0 Å². The fourth-order valence-electron chi connectivity index (χ4n) is 1.89. The number of rotatable bonds is 5. The van der Waals surface area contributed by atoms with Gasteiger partial charge in [-0.05, 0) is 30.7 Å². The van der Waals surface area contributed by atoms with Gasteiger partial charge in [-0.15, -0.1) is 0 Å². The first-order chi connectivity index (χ1) is 7.81. The van der Waals surface area contributed by atoms with Crippen LogP contribution in [0.1, 0.15) is 37.2 Å². The number of hydrogen-bond acceptors (Lipinski definition) is 4. The van der Waals surface area contributed by atoms with Crippen LogP contribution in [0.5, 0.6) is 0 Å². The lowest BCUT2D eigenvalue weighted by Crippen LogP contribution is -2.22. The summed E-state index contributed by atoms with van der Waals surface area (Å²) in [6.45, 7) is 1.00. The van der Waals surface area contributed by atoms with Gasteiger partial charge in [-0.2, -0.15) is 0 Å². The van der Waals surface area contributed by atoms with Crippen molar-refractivity contribution in [2.45, 2.75) is 31.6 Å². The van der Waals surface area contributed by atoms with Gasteiger partial charge in [0.25, 0.3) is 0 Å². The van der Waals surface area contributed by atoms with Crippen molar-refractivity contribution in [3.8, 4) is 0 Å². The van der Waals surface area contributed by atoms with E-state index in [2.05, 4.69) is 9.97 Å². The highest BCUT2D eigenvalue weighted by Crippen LogP contribution is 2.35. The Balaban J connectivity index is 1.95. The molecule has 1 N–H and O–H groups in total. The molecule has 16 heavy (non-hydrogen) atoms. The van der Waals surface area contributed by atoms with Gasteiger partial charge < -0.3 is 10.0 Å².